The van der Waals surface area contributed by atoms with Gasteiger partial charge in [-0.25, -0.2) is 0 Å². The second kappa shape index (κ2) is 8.68. The first-order valence-corrected chi connectivity index (χ1v) is 11.4. The molecule has 4 aliphatic rings. The quantitative estimate of drug-likeness (QED) is 0.600. The molecule has 4 heterocycles. The Kier molecular flexibility index (Phi) is 5.77. The molecule has 0 bridgehead atoms. The summed E-state index contributed by atoms with van der Waals surface area (Å²) in [6.07, 6.45) is 4.30. The Labute approximate surface area is 182 Å². The number of piperidine rings is 2. The SMILES string of the molecule is O=C1CCC(N2Cc3cc(CN[C@@H]4CCO[C@H]4C4CCNCC4)ccc3C2=O)C(=O)N1. The Morgan fingerprint density at radius 3 is 2.74 bits per heavy atom. The fraction of sp³-hybridized carbons (Fsp3) is 0.609. The van der Waals surface area contributed by atoms with Crippen LogP contribution < -0.4 is 16.0 Å². The first-order valence-electron chi connectivity index (χ1n) is 11.4. The van der Waals surface area contributed by atoms with Crippen molar-refractivity contribution in [2.45, 2.75) is 63.4 Å². The summed E-state index contributed by atoms with van der Waals surface area (Å²) in [5, 5.41) is 9.46. The highest BCUT2D eigenvalue weighted by molar-refractivity contribution is 6.05. The zero-order valence-corrected chi connectivity index (χ0v) is 17.7. The summed E-state index contributed by atoms with van der Waals surface area (Å²) in [7, 11) is 0. The standard InChI is InChI=1S/C23H30N4O4/c28-20-4-3-19(22(29)26-20)27-13-16-11-14(1-2-17(16)23(27)30)12-25-18-7-10-31-21(18)15-5-8-24-9-6-15/h1-2,11,15,18-19,21,24-25H,3-10,12-13H2,(H,26,28,29)/t18-,19?,21+/m1/s1. The van der Waals surface area contributed by atoms with Crippen molar-refractivity contribution < 1.29 is 19.1 Å². The van der Waals surface area contributed by atoms with Crippen LogP contribution in [0.3, 0.4) is 0 Å². The van der Waals surface area contributed by atoms with Crippen LogP contribution in [0.1, 0.15) is 53.6 Å². The highest BCUT2D eigenvalue weighted by atomic mass is 16.5. The fourth-order valence-electron chi connectivity index (χ4n) is 5.45. The Bertz CT molecular complexity index is 882. The number of hydrogen-bond acceptors (Lipinski definition) is 6. The Morgan fingerprint density at radius 2 is 1.94 bits per heavy atom. The summed E-state index contributed by atoms with van der Waals surface area (Å²) in [5.74, 6) is -0.151. The van der Waals surface area contributed by atoms with Gasteiger partial charge in [0.25, 0.3) is 5.91 Å². The monoisotopic (exact) mass is 426 g/mol. The van der Waals surface area contributed by atoms with Crippen molar-refractivity contribution in [3.63, 3.8) is 0 Å². The summed E-state index contributed by atoms with van der Waals surface area (Å²) in [6, 6.07) is 5.73. The van der Waals surface area contributed by atoms with Crippen molar-refractivity contribution in [3.05, 3.63) is 34.9 Å². The van der Waals surface area contributed by atoms with Crippen LogP contribution in [0.2, 0.25) is 0 Å². The molecule has 4 aliphatic heterocycles. The normalized spacial score (nSPS) is 29.4. The topological polar surface area (TPSA) is 99.8 Å². The van der Waals surface area contributed by atoms with Crippen LogP contribution in [0.4, 0.5) is 0 Å². The Morgan fingerprint density at radius 1 is 1.10 bits per heavy atom. The molecule has 1 aromatic rings. The number of carbonyl (C=O) groups excluding carboxylic acids is 3. The third kappa shape index (κ3) is 4.12. The van der Waals surface area contributed by atoms with Crippen molar-refractivity contribution in [1.29, 1.82) is 0 Å². The van der Waals surface area contributed by atoms with Gasteiger partial charge < -0.3 is 20.3 Å². The maximum absolute atomic E-state index is 12.8. The summed E-state index contributed by atoms with van der Waals surface area (Å²) >= 11 is 0. The molecular weight excluding hydrogens is 396 g/mol. The van der Waals surface area contributed by atoms with E-state index in [2.05, 4.69) is 22.0 Å². The van der Waals surface area contributed by atoms with E-state index in [1.54, 1.807) is 4.90 Å². The Hall–Kier alpha value is -2.29. The molecule has 0 aliphatic carbocycles. The molecule has 0 radical (unpaired) electrons. The van der Waals surface area contributed by atoms with Gasteiger partial charge in [-0.1, -0.05) is 12.1 Å². The number of nitrogens with one attached hydrogen (secondary N) is 3. The number of rotatable bonds is 5. The van der Waals surface area contributed by atoms with Crippen LogP contribution in [-0.2, 0) is 27.4 Å². The zero-order chi connectivity index (χ0) is 21.4. The van der Waals surface area contributed by atoms with Crippen LogP contribution in [0, 0.1) is 5.92 Å². The van der Waals surface area contributed by atoms with Crippen molar-refractivity contribution in [2.75, 3.05) is 19.7 Å². The molecule has 31 heavy (non-hydrogen) atoms. The van der Waals surface area contributed by atoms with E-state index in [1.807, 2.05) is 12.1 Å². The van der Waals surface area contributed by atoms with Gasteiger partial charge in [0.05, 0.1) is 6.10 Å². The maximum atomic E-state index is 12.8. The lowest BCUT2D eigenvalue weighted by Crippen LogP contribution is -2.52. The van der Waals surface area contributed by atoms with Gasteiger partial charge >= 0.3 is 0 Å². The van der Waals surface area contributed by atoms with Gasteiger partial charge in [0.2, 0.25) is 11.8 Å². The Balaban J connectivity index is 1.22. The van der Waals surface area contributed by atoms with Gasteiger partial charge in [0, 0.05) is 37.7 Å². The number of hydrogen-bond donors (Lipinski definition) is 3. The van der Waals surface area contributed by atoms with Crippen molar-refractivity contribution in [3.8, 4) is 0 Å². The molecular formula is C23H30N4O4. The van der Waals surface area contributed by atoms with Gasteiger partial charge in [-0.2, -0.15) is 0 Å². The first-order chi connectivity index (χ1) is 15.1. The molecule has 1 unspecified atom stereocenters. The van der Waals surface area contributed by atoms with Crippen LogP contribution in [-0.4, -0.2) is 60.5 Å². The van der Waals surface area contributed by atoms with Crippen molar-refractivity contribution in [1.82, 2.24) is 20.9 Å². The number of nitrogens with zero attached hydrogens (tertiary/aromatic N) is 1. The number of benzene rings is 1. The van der Waals surface area contributed by atoms with E-state index < -0.39 is 6.04 Å². The van der Waals surface area contributed by atoms with Crippen molar-refractivity contribution in [2.24, 2.45) is 5.92 Å². The largest absolute Gasteiger partial charge is 0.376 e. The minimum atomic E-state index is -0.569. The average molecular weight is 427 g/mol. The van der Waals surface area contributed by atoms with Gasteiger partial charge in [0.1, 0.15) is 6.04 Å². The molecule has 3 fully saturated rings. The van der Waals surface area contributed by atoms with Crippen LogP contribution in [0.15, 0.2) is 18.2 Å². The minimum absolute atomic E-state index is 0.126. The molecule has 5 rings (SSSR count). The number of ether oxygens (including phenoxy) is 1. The average Bonchev–Trinajstić information content (AvgIpc) is 3.37. The van der Waals surface area contributed by atoms with E-state index in [-0.39, 0.29) is 30.2 Å². The first kappa shape index (κ1) is 20.6. The lowest BCUT2D eigenvalue weighted by molar-refractivity contribution is -0.136. The zero-order valence-electron chi connectivity index (χ0n) is 17.7. The second-order valence-corrected chi connectivity index (χ2v) is 9.09. The van der Waals surface area contributed by atoms with Gasteiger partial charge in [0.15, 0.2) is 0 Å². The van der Waals surface area contributed by atoms with Crippen LogP contribution in [0.5, 0.6) is 0 Å². The highest BCUT2D eigenvalue weighted by Gasteiger charge is 2.39. The maximum Gasteiger partial charge on any atom is 0.255 e. The van der Waals surface area contributed by atoms with E-state index in [1.165, 1.54) is 12.8 Å². The molecule has 0 saturated carbocycles. The van der Waals surface area contributed by atoms with E-state index in [4.69, 9.17) is 4.74 Å². The molecule has 0 spiro atoms. The second-order valence-electron chi connectivity index (χ2n) is 9.09. The summed E-state index contributed by atoms with van der Waals surface area (Å²) in [6.45, 7) is 4.10. The van der Waals surface area contributed by atoms with E-state index >= 15 is 0 Å². The summed E-state index contributed by atoms with van der Waals surface area (Å²) in [5.41, 5.74) is 2.74. The van der Waals surface area contributed by atoms with Crippen LogP contribution >= 0.6 is 0 Å². The van der Waals surface area contributed by atoms with Crippen LogP contribution in [0.25, 0.3) is 0 Å². The lowest BCUT2D eigenvalue weighted by atomic mass is 9.88. The molecule has 8 nitrogen and oxygen atoms in total. The molecule has 8 heteroatoms. The predicted octanol–water partition coefficient (Wildman–Crippen LogP) is 0.694. The number of imide groups is 1. The predicted molar refractivity (Wildman–Crippen MR) is 113 cm³/mol. The molecule has 3 atom stereocenters. The van der Waals surface area contributed by atoms with E-state index in [0.717, 1.165) is 43.8 Å². The third-order valence-corrected chi connectivity index (χ3v) is 7.14. The van der Waals surface area contributed by atoms with E-state index in [0.29, 0.717) is 30.5 Å². The smallest absolute Gasteiger partial charge is 0.255 e. The third-order valence-electron chi connectivity index (χ3n) is 7.14. The minimum Gasteiger partial charge on any atom is -0.376 e. The molecule has 3 amide bonds. The fourth-order valence-corrected chi connectivity index (χ4v) is 5.45. The lowest BCUT2D eigenvalue weighted by Gasteiger charge is -2.31. The van der Waals surface area contributed by atoms with Crippen molar-refractivity contribution >= 4 is 17.7 Å². The molecule has 1 aromatic carbocycles. The van der Waals surface area contributed by atoms with Gasteiger partial charge in [-0.05, 0) is 61.9 Å². The number of fused-ring (bicyclic) bond motifs is 1. The highest BCUT2D eigenvalue weighted by Crippen LogP contribution is 2.30. The van der Waals surface area contributed by atoms with E-state index in [9.17, 15) is 14.4 Å². The number of amides is 3. The molecule has 3 saturated heterocycles. The molecule has 3 N–H and O–H groups in total. The summed E-state index contributed by atoms with van der Waals surface area (Å²) < 4.78 is 6.08. The van der Waals surface area contributed by atoms with Gasteiger partial charge in [-0.3, -0.25) is 19.7 Å². The molecule has 0 aromatic heterocycles. The van der Waals surface area contributed by atoms with Gasteiger partial charge in [-0.15, -0.1) is 0 Å². The number of carbonyl (C=O) groups is 3. The molecule has 166 valence electrons. The summed E-state index contributed by atoms with van der Waals surface area (Å²) in [4.78, 5) is 38.1.